The van der Waals surface area contributed by atoms with Crippen molar-refractivity contribution in [2.24, 2.45) is 0 Å². The zero-order valence-electron chi connectivity index (χ0n) is 14.1. The van der Waals surface area contributed by atoms with E-state index in [0.717, 1.165) is 29.2 Å². The average molecular weight is 352 g/mol. The Morgan fingerprint density at radius 3 is 2.68 bits per heavy atom. The Labute approximate surface area is 151 Å². The fourth-order valence-corrected chi connectivity index (χ4v) is 3.39. The largest absolute Gasteiger partial charge is 0.496 e. The van der Waals surface area contributed by atoms with Gasteiger partial charge < -0.3 is 10.1 Å². The summed E-state index contributed by atoms with van der Waals surface area (Å²) in [7, 11) is 1.65. The molecule has 3 aromatic rings. The van der Waals surface area contributed by atoms with E-state index in [4.69, 9.17) is 4.74 Å². The van der Waals surface area contributed by atoms with Gasteiger partial charge in [0, 0.05) is 18.3 Å². The number of para-hydroxylation sites is 1. The van der Waals surface area contributed by atoms with Crippen molar-refractivity contribution in [3.05, 3.63) is 81.8 Å². The number of amides is 1. The van der Waals surface area contributed by atoms with Gasteiger partial charge in [-0.2, -0.15) is 0 Å². The summed E-state index contributed by atoms with van der Waals surface area (Å²) < 4.78 is 5.32. The lowest BCUT2D eigenvalue weighted by molar-refractivity contribution is 0.0949. The van der Waals surface area contributed by atoms with Crippen molar-refractivity contribution in [3.8, 4) is 5.75 Å². The SMILES string of the molecule is COc1ccccc1CCNC(=O)c1csc(Cc2ccccc2)n1. The lowest BCUT2D eigenvalue weighted by Crippen LogP contribution is -2.26. The molecule has 0 radical (unpaired) electrons. The number of benzene rings is 2. The molecule has 0 atom stereocenters. The number of nitrogens with zero attached hydrogens (tertiary/aromatic N) is 1. The molecular formula is C20H20N2O2S. The van der Waals surface area contributed by atoms with Gasteiger partial charge in [0.25, 0.3) is 5.91 Å². The third kappa shape index (κ3) is 4.67. The molecule has 128 valence electrons. The van der Waals surface area contributed by atoms with Crippen molar-refractivity contribution in [1.82, 2.24) is 10.3 Å². The Hall–Kier alpha value is -2.66. The van der Waals surface area contributed by atoms with Gasteiger partial charge in [-0.05, 0) is 23.6 Å². The molecule has 1 amide bonds. The molecule has 1 aromatic heterocycles. The van der Waals surface area contributed by atoms with Crippen LogP contribution in [0.4, 0.5) is 0 Å². The molecule has 0 aliphatic heterocycles. The molecule has 0 saturated carbocycles. The number of methoxy groups -OCH3 is 1. The van der Waals surface area contributed by atoms with Gasteiger partial charge in [0.2, 0.25) is 0 Å². The Morgan fingerprint density at radius 2 is 1.88 bits per heavy atom. The Morgan fingerprint density at radius 1 is 1.12 bits per heavy atom. The van der Waals surface area contributed by atoms with Crippen molar-refractivity contribution in [3.63, 3.8) is 0 Å². The number of thiazole rings is 1. The van der Waals surface area contributed by atoms with Crippen LogP contribution >= 0.6 is 11.3 Å². The van der Waals surface area contributed by atoms with Gasteiger partial charge in [-0.1, -0.05) is 48.5 Å². The number of carbonyl (C=O) groups is 1. The van der Waals surface area contributed by atoms with Crippen LogP contribution in [0.1, 0.15) is 26.6 Å². The van der Waals surface area contributed by atoms with Gasteiger partial charge in [0.05, 0.1) is 12.1 Å². The minimum atomic E-state index is -0.134. The first-order valence-corrected chi connectivity index (χ1v) is 9.02. The lowest BCUT2D eigenvalue weighted by Gasteiger charge is -2.08. The molecule has 0 unspecified atom stereocenters. The van der Waals surface area contributed by atoms with Crippen LogP contribution in [-0.4, -0.2) is 24.5 Å². The van der Waals surface area contributed by atoms with Crippen LogP contribution in [0, 0.1) is 0 Å². The molecule has 1 heterocycles. The van der Waals surface area contributed by atoms with Crippen molar-refractivity contribution in [2.45, 2.75) is 12.8 Å². The van der Waals surface area contributed by atoms with Gasteiger partial charge in [0.15, 0.2) is 0 Å². The van der Waals surface area contributed by atoms with E-state index in [0.29, 0.717) is 12.2 Å². The van der Waals surface area contributed by atoms with E-state index in [9.17, 15) is 4.79 Å². The monoisotopic (exact) mass is 352 g/mol. The highest BCUT2D eigenvalue weighted by atomic mass is 32.1. The van der Waals surface area contributed by atoms with Crippen LogP contribution in [0.2, 0.25) is 0 Å². The van der Waals surface area contributed by atoms with Crippen LogP contribution in [0.25, 0.3) is 0 Å². The molecule has 5 heteroatoms. The van der Waals surface area contributed by atoms with Crippen LogP contribution in [0.3, 0.4) is 0 Å². The van der Waals surface area contributed by atoms with Crippen molar-refractivity contribution in [2.75, 3.05) is 13.7 Å². The summed E-state index contributed by atoms with van der Waals surface area (Å²) in [5.74, 6) is 0.709. The third-order valence-corrected chi connectivity index (χ3v) is 4.70. The first-order chi connectivity index (χ1) is 12.3. The zero-order valence-corrected chi connectivity index (χ0v) is 14.9. The summed E-state index contributed by atoms with van der Waals surface area (Å²) in [6.07, 6.45) is 1.47. The topological polar surface area (TPSA) is 51.2 Å². The summed E-state index contributed by atoms with van der Waals surface area (Å²) in [4.78, 5) is 16.7. The minimum Gasteiger partial charge on any atom is -0.496 e. The second-order valence-electron chi connectivity index (χ2n) is 5.61. The maximum Gasteiger partial charge on any atom is 0.270 e. The molecule has 25 heavy (non-hydrogen) atoms. The number of hydrogen-bond acceptors (Lipinski definition) is 4. The number of ether oxygens (including phenoxy) is 1. The van der Waals surface area contributed by atoms with E-state index in [1.54, 1.807) is 7.11 Å². The van der Waals surface area contributed by atoms with E-state index in [1.165, 1.54) is 16.9 Å². The molecule has 0 fully saturated rings. The second-order valence-corrected chi connectivity index (χ2v) is 6.55. The van der Waals surface area contributed by atoms with E-state index in [2.05, 4.69) is 22.4 Å². The molecule has 0 aliphatic carbocycles. The third-order valence-electron chi connectivity index (χ3n) is 3.85. The van der Waals surface area contributed by atoms with Crippen LogP contribution < -0.4 is 10.1 Å². The van der Waals surface area contributed by atoms with Gasteiger partial charge in [-0.25, -0.2) is 4.98 Å². The molecule has 2 aromatic carbocycles. The van der Waals surface area contributed by atoms with E-state index in [-0.39, 0.29) is 5.91 Å². The van der Waals surface area contributed by atoms with Crippen molar-refractivity contribution >= 4 is 17.2 Å². The zero-order chi connectivity index (χ0) is 17.5. The smallest absolute Gasteiger partial charge is 0.270 e. The highest BCUT2D eigenvalue weighted by molar-refractivity contribution is 7.09. The van der Waals surface area contributed by atoms with Gasteiger partial charge >= 0.3 is 0 Å². The Bertz CT molecular complexity index is 830. The maximum absolute atomic E-state index is 12.3. The van der Waals surface area contributed by atoms with E-state index in [1.807, 2.05) is 47.8 Å². The molecule has 3 rings (SSSR count). The minimum absolute atomic E-state index is 0.134. The van der Waals surface area contributed by atoms with Gasteiger partial charge in [-0.3, -0.25) is 4.79 Å². The fraction of sp³-hybridized carbons (Fsp3) is 0.200. The summed E-state index contributed by atoms with van der Waals surface area (Å²) in [6, 6.07) is 18.0. The summed E-state index contributed by atoms with van der Waals surface area (Å²) in [5.41, 5.74) is 2.75. The van der Waals surface area contributed by atoms with Crippen LogP contribution in [0.5, 0.6) is 5.75 Å². The molecule has 1 N–H and O–H groups in total. The number of carbonyl (C=O) groups excluding carboxylic acids is 1. The molecule has 0 bridgehead atoms. The standard InChI is InChI=1S/C20H20N2O2S/c1-24-18-10-6-5-9-16(18)11-12-21-20(23)17-14-25-19(22-17)13-15-7-3-2-4-8-15/h2-10,14H,11-13H2,1H3,(H,21,23). The van der Waals surface area contributed by atoms with E-state index >= 15 is 0 Å². The summed E-state index contributed by atoms with van der Waals surface area (Å²) in [5, 5.41) is 5.69. The van der Waals surface area contributed by atoms with Gasteiger partial charge in [0.1, 0.15) is 11.4 Å². The number of hydrogen-bond donors (Lipinski definition) is 1. The first kappa shape index (κ1) is 17.2. The predicted octanol–water partition coefficient (Wildman–Crippen LogP) is 3.72. The molecule has 4 nitrogen and oxygen atoms in total. The van der Waals surface area contributed by atoms with Crippen LogP contribution in [-0.2, 0) is 12.8 Å². The number of nitrogens with one attached hydrogen (secondary N) is 1. The predicted molar refractivity (Wildman–Crippen MR) is 100 cm³/mol. The number of aromatic nitrogens is 1. The fourth-order valence-electron chi connectivity index (χ4n) is 2.58. The molecule has 0 spiro atoms. The molecular weight excluding hydrogens is 332 g/mol. The summed E-state index contributed by atoms with van der Waals surface area (Å²) >= 11 is 1.52. The normalized spacial score (nSPS) is 10.4. The number of rotatable bonds is 7. The molecule has 0 aliphatic rings. The van der Waals surface area contributed by atoms with Crippen LogP contribution in [0.15, 0.2) is 60.0 Å². The van der Waals surface area contributed by atoms with Gasteiger partial charge in [-0.15, -0.1) is 11.3 Å². The quantitative estimate of drug-likeness (QED) is 0.705. The highest BCUT2D eigenvalue weighted by Crippen LogP contribution is 2.17. The Balaban J connectivity index is 1.53. The van der Waals surface area contributed by atoms with E-state index < -0.39 is 0 Å². The van der Waals surface area contributed by atoms with Crippen molar-refractivity contribution in [1.29, 1.82) is 0 Å². The lowest BCUT2D eigenvalue weighted by atomic mass is 10.1. The maximum atomic E-state index is 12.3. The average Bonchev–Trinajstić information content (AvgIpc) is 3.11. The first-order valence-electron chi connectivity index (χ1n) is 8.14. The summed E-state index contributed by atoms with van der Waals surface area (Å²) in [6.45, 7) is 0.546. The highest BCUT2D eigenvalue weighted by Gasteiger charge is 2.11. The Kier molecular flexibility index (Phi) is 5.80. The molecule has 0 saturated heterocycles. The second kappa shape index (κ2) is 8.44. The van der Waals surface area contributed by atoms with Crippen molar-refractivity contribution < 1.29 is 9.53 Å².